The van der Waals surface area contributed by atoms with Gasteiger partial charge in [-0.15, -0.1) is 0 Å². The van der Waals surface area contributed by atoms with Gasteiger partial charge >= 0.3 is 0 Å². The average molecular weight is 528 g/mol. The van der Waals surface area contributed by atoms with E-state index in [-0.39, 0.29) is 11.9 Å². The van der Waals surface area contributed by atoms with E-state index in [4.69, 9.17) is 0 Å². The molecule has 1 unspecified atom stereocenters. The summed E-state index contributed by atoms with van der Waals surface area (Å²) in [5, 5.41) is 11.6. The van der Waals surface area contributed by atoms with Gasteiger partial charge in [0.2, 0.25) is 5.91 Å². The van der Waals surface area contributed by atoms with Crippen molar-refractivity contribution >= 4 is 51.0 Å². The van der Waals surface area contributed by atoms with Crippen molar-refractivity contribution in [2.75, 3.05) is 11.9 Å². The van der Waals surface area contributed by atoms with Crippen LogP contribution in [-0.2, 0) is 4.79 Å². The maximum absolute atomic E-state index is 12.0. The largest absolute Gasteiger partial charge is 0.356 e. The summed E-state index contributed by atoms with van der Waals surface area (Å²) in [6, 6.07) is 7.37. The molecule has 0 fully saturated rings. The van der Waals surface area contributed by atoms with Gasteiger partial charge in [-0.3, -0.25) is 14.5 Å². The number of amides is 1. The summed E-state index contributed by atoms with van der Waals surface area (Å²) in [6.07, 6.45) is 7.26. The van der Waals surface area contributed by atoms with Gasteiger partial charge in [0, 0.05) is 49.4 Å². The maximum Gasteiger partial charge on any atom is 0.222 e. The zero-order valence-corrected chi connectivity index (χ0v) is 19.2. The molecule has 0 bridgehead atoms. The minimum Gasteiger partial charge on any atom is -0.356 e. The number of hydrogen-bond acceptors (Lipinski definition) is 7. The minimum absolute atomic E-state index is 0.00461. The summed E-state index contributed by atoms with van der Waals surface area (Å²) >= 11 is 2.19. The maximum atomic E-state index is 12.0. The monoisotopic (exact) mass is 528 g/mol. The van der Waals surface area contributed by atoms with E-state index in [0.29, 0.717) is 30.4 Å². The van der Waals surface area contributed by atoms with Gasteiger partial charge in [-0.1, -0.05) is 0 Å². The molecule has 4 aromatic rings. The van der Waals surface area contributed by atoms with Crippen molar-refractivity contribution in [1.82, 2.24) is 35.0 Å². The molecule has 1 atom stereocenters. The molecule has 158 valence electrons. The first-order valence-corrected chi connectivity index (χ1v) is 10.9. The van der Waals surface area contributed by atoms with Gasteiger partial charge in [0.1, 0.15) is 15.3 Å². The fourth-order valence-electron chi connectivity index (χ4n) is 3.22. The number of pyridine rings is 2. The van der Waals surface area contributed by atoms with E-state index >= 15 is 0 Å². The first-order valence-electron chi connectivity index (χ1n) is 9.86. The van der Waals surface area contributed by atoms with E-state index in [0.717, 1.165) is 20.2 Å². The number of rotatable bonds is 7. The number of anilines is 2. The van der Waals surface area contributed by atoms with E-state index in [9.17, 15) is 4.79 Å². The third-order valence-electron chi connectivity index (χ3n) is 4.65. The second-order valence-corrected chi connectivity index (χ2v) is 7.98. The van der Waals surface area contributed by atoms with Crippen LogP contribution in [0.3, 0.4) is 0 Å². The van der Waals surface area contributed by atoms with Crippen LogP contribution in [0.5, 0.6) is 0 Å². The summed E-state index contributed by atoms with van der Waals surface area (Å²) in [4.78, 5) is 29.5. The average Bonchev–Trinajstić information content (AvgIpc) is 3.11. The Labute approximate surface area is 192 Å². The third kappa shape index (κ3) is 4.79. The van der Waals surface area contributed by atoms with E-state index in [1.54, 1.807) is 30.9 Å². The Morgan fingerprint density at radius 3 is 2.84 bits per heavy atom. The Morgan fingerprint density at radius 2 is 2.06 bits per heavy atom. The summed E-state index contributed by atoms with van der Waals surface area (Å²) < 4.78 is 2.72. The highest BCUT2D eigenvalue weighted by molar-refractivity contribution is 14.1. The van der Waals surface area contributed by atoms with Crippen molar-refractivity contribution in [3.8, 4) is 11.4 Å². The van der Waals surface area contributed by atoms with Gasteiger partial charge in [0.15, 0.2) is 5.82 Å². The fourth-order valence-corrected chi connectivity index (χ4v) is 3.87. The van der Waals surface area contributed by atoms with Crippen LogP contribution in [0.2, 0.25) is 0 Å². The molecule has 4 rings (SSSR count). The molecule has 4 heterocycles. The molecule has 1 amide bonds. The molecule has 2 N–H and O–H groups in total. The summed E-state index contributed by atoms with van der Waals surface area (Å²) in [5.41, 5.74) is 1.74. The summed E-state index contributed by atoms with van der Waals surface area (Å²) in [7, 11) is 0. The lowest BCUT2D eigenvalue weighted by Crippen LogP contribution is -2.25. The Hall–Kier alpha value is -3.15. The molecule has 0 aromatic carbocycles. The molecule has 10 heteroatoms. The zero-order valence-electron chi connectivity index (χ0n) is 17.1. The van der Waals surface area contributed by atoms with Gasteiger partial charge in [0.25, 0.3) is 0 Å². The standard InChI is InChI=1S/C21H21IN8O/c1-3-24-19(31)9-13(2)30-16-10-18(26-12-15(16)20(22)29-30)27-17-6-8-25-21(28-17)14-5-4-7-23-11-14/h4-8,10-13H,3,9H2,1-2H3,(H,24,31)(H,25,26,27,28). The molecular weight excluding hydrogens is 507 g/mol. The van der Waals surface area contributed by atoms with Crippen molar-refractivity contribution in [3.63, 3.8) is 0 Å². The van der Waals surface area contributed by atoms with Crippen LogP contribution in [0.15, 0.2) is 49.1 Å². The molecule has 0 aliphatic carbocycles. The van der Waals surface area contributed by atoms with Gasteiger partial charge in [-0.2, -0.15) is 5.10 Å². The van der Waals surface area contributed by atoms with Gasteiger partial charge in [-0.25, -0.2) is 15.0 Å². The molecule has 31 heavy (non-hydrogen) atoms. The number of carbonyl (C=O) groups is 1. The van der Waals surface area contributed by atoms with E-state index in [1.807, 2.05) is 36.7 Å². The van der Waals surface area contributed by atoms with Crippen LogP contribution in [-0.4, -0.2) is 42.2 Å². The molecule has 4 aromatic heterocycles. The smallest absolute Gasteiger partial charge is 0.222 e. The number of halogens is 1. The molecule has 0 spiro atoms. The molecule has 9 nitrogen and oxygen atoms in total. The van der Waals surface area contributed by atoms with Gasteiger partial charge in [0.05, 0.1) is 16.9 Å². The van der Waals surface area contributed by atoms with Gasteiger partial charge in [-0.05, 0) is 54.6 Å². The Bertz CT molecular complexity index is 1210. The third-order valence-corrected chi connectivity index (χ3v) is 5.45. The number of fused-ring (bicyclic) bond motifs is 1. The van der Waals surface area contributed by atoms with Crippen LogP contribution in [0.4, 0.5) is 11.6 Å². The summed E-state index contributed by atoms with van der Waals surface area (Å²) in [6.45, 7) is 4.50. The number of hydrogen-bond donors (Lipinski definition) is 2. The van der Waals surface area contributed by atoms with Crippen molar-refractivity contribution in [3.05, 3.63) is 52.8 Å². The van der Waals surface area contributed by atoms with Gasteiger partial charge < -0.3 is 10.6 Å². The second kappa shape index (κ2) is 9.33. The Morgan fingerprint density at radius 1 is 1.19 bits per heavy atom. The first kappa shape index (κ1) is 21.1. The zero-order chi connectivity index (χ0) is 21.8. The van der Waals surface area contributed by atoms with Crippen LogP contribution in [0.25, 0.3) is 22.3 Å². The first-order chi connectivity index (χ1) is 15.0. The molecule has 0 saturated carbocycles. The number of nitrogens with one attached hydrogen (secondary N) is 2. The molecule has 0 aliphatic rings. The number of carbonyl (C=O) groups excluding carboxylic acids is 1. The lowest BCUT2D eigenvalue weighted by atomic mass is 10.2. The van der Waals surface area contributed by atoms with Crippen molar-refractivity contribution in [2.45, 2.75) is 26.3 Å². The topological polar surface area (TPSA) is 111 Å². The fraction of sp³-hybridized carbons (Fsp3) is 0.238. The summed E-state index contributed by atoms with van der Waals surface area (Å²) in [5.74, 6) is 1.84. The van der Waals surface area contributed by atoms with Crippen LogP contribution < -0.4 is 10.6 Å². The lowest BCUT2D eigenvalue weighted by molar-refractivity contribution is -0.121. The van der Waals surface area contributed by atoms with Crippen LogP contribution in [0.1, 0.15) is 26.3 Å². The van der Waals surface area contributed by atoms with E-state index in [1.165, 1.54) is 0 Å². The molecule has 0 aliphatic heterocycles. The normalized spacial score (nSPS) is 12.0. The highest BCUT2D eigenvalue weighted by Gasteiger charge is 2.17. The highest BCUT2D eigenvalue weighted by atomic mass is 127. The predicted octanol–water partition coefficient (Wildman–Crippen LogP) is 3.72. The van der Waals surface area contributed by atoms with Crippen LogP contribution in [0, 0.1) is 3.70 Å². The Balaban J connectivity index is 1.62. The Kier molecular flexibility index (Phi) is 6.35. The number of nitrogens with zero attached hydrogens (tertiary/aromatic N) is 6. The quantitative estimate of drug-likeness (QED) is 0.352. The molecule has 0 saturated heterocycles. The van der Waals surface area contributed by atoms with E-state index in [2.05, 4.69) is 58.3 Å². The SMILES string of the molecule is CCNC(=O)CC(C)n1nc(I)c2cnc(Nc3ccnc(-c4cccnc4)n3)cc21. The molecule has 0 radical (unpaired) electrons. The van der Waals surface area contributed by atoms with Crippen molar-refractivity contribution in [1.29, 1.82) is 0 Å². The molecular formula is C21H21IN8O. The second-order valence-electron chi connectivity index (χ2n) is 6.96. The lowest BCUT2D eigenvalue weighted by Gasteiger charge is -2.13. The van der Waals surface area contributed by atoms with Crippen molar-refractivity contribution in [2.24, 2.45) is 0 Å². The van der Waals surface area contributed by atoms with E-state index < -0.39 is 0 Å². The predicted molar refractivity (Wildman–Crippen MR) is 127 cm³/mol. The van der Waals surface area contributed by atoms with Crippen molar-refractivity contribution < 1.29 is 4.79 Å². The minimum atomic E-state index is -0.0935. The highest BCUT2D eigenvalue weighted by Crippen LogP contribution is 2.27. The number of aromatic nitrogens is 6. The van der Waals surface area contributed by atoms with Crippen LogP contribution >= 0.6 is 22.6 Å².